The van der Waals surface area contributed by atoms with Crippen molar-refractivity contribution >= 4 is 5.97 Å². The molecule has 0 aliphatic heterocycles. The highest BCUT2D eigenvalue weighted by molar-refractivity contribution is 5.75. The van der Waals surface area contributed by atoms with Crippen LogP contribution in [0.2, 0.25) is 0 Å². The van der Waals surface area contributed by atoms with Gasteiger partial charge in [0.25, 0.3) is 0 Å². The topological polar surface area (TPSA) is 26.3 Å². The molecule has 0 bridgehead atoms. The third-order valence-corrected chi connectivity index (χ3v) is 1.04. The Labute approximate surface area is 68.0 Å². The first-order valence-corrected chi connectivity index (χ1v) is 3.26. The van der Waals surface area contributed by atoms with Gasteiger partial charge in [-0.05, 0) is 6.92 Å². The Morgan fingerprint density at radius 3 is 2.50 bits per heavy atom. The Bertz CT molecular complexity index is 174. The molecule has 2 nitrogen and oxygen atoms in total. The lowest BCUT2D eigenvalue weighted by molar-refractivity contribution is -0.203. The van der Waals surface area contributed by atoms with Crippen molar-refractivity contribution in [3.63, 3.8) is 0 Å². The van der Waals surface area contributed by atoms with E-state index in [0.29, 0.717) is 0 Å². The first-order valence-electron chi connectivity index (χ1n) is 3.26. The number of hydrogen-bond donors (Lipinski definition) is 0. The summed E-state index contributed by atoms with van der Waals surface area (Å²) in [6.45, 7) is 4.66. The smallest absolute Gasteiger partial charge is 0.456 e. The summed E-state index contributed by atoms with van der Waals surface area (Å²) in [5, 5.41) is 0. The highest BCUT2D eigenvalue weighted by Gasteiger charge is 2.41. The van der Waals surface area contributed by atoms with Crippen molar-refractivity contribution in [1.29, 1.82) is 0 Å². The van der Waals surface area contributed by atoms with Crippen LogP contribution in [-0.2, 0) is 9.53 Å². The number of rotatable bonds is 3. The molecule has 0 fully saturated rings. The zero-order valence-corrected chi connectivity index (χ0v) is 6.52. The molecule has 0 spiro atoms. The van der Waals surface area contributed by atoms with Gasteiger partial charge in [0, 0.05) is 6.42 Å². The van der Waals surface area contributed by atoms with Crippen molar-refractivity contribution in [2.45, 2.75) is 25.6 Å². The van der Waals surface area contributed by atoms with E-state index in [1.54, 1.807) is 0 Å². The van der Waals surface area contributed by atoms with E-state index >= 15 is 0 Å². The van der Waals surface area contributed by atoms with Gasteiger partial charge in [-0.1, -0.05) is 6.08 Å². The summed E-state index contributed by atoms with van der Waals surface area (Å²) in [5.74, 6) is -2.16. The third kappa shape index (κ3) is 4.00. The van der Waals surface area contributed by atoms with E-state index in [1.807, 2.05) is 0 Å². The van der Waals surface area contributed by atoms with Crippen LogP contribution in [0.25, 0.3) is 0 Å². The fourth-order valence-electron chi connectivity index (χ4n) is 0.532. The number of carbonyl (C=O) groups excluding carboxylic acids is 1. The quantitative estimate of drug-likeness (QED) is 0.493. The van der Waals surface area contributed by atoms with E-state index < -0.39 is 18.2 Å². The summed E-state index contributed by atoms with van der Waals surface area (Å²) < 4.78 is 38.7. The fraction of sp³-hybridized carbons (Fsp3) is 0.571. The maximum absolute atomic E-state index is 11.5. The van der Waals surface area contributed by atoms with Gasteiger partial charge in [0.2, 0.25) is 0 Å². The molecule has 12 heavy (non-hydrogen) atoms. The van der Waals surface area contributed by atoms with E-state index in [1.165, 1.54) is 13.0 Å². The van der Waals surface area contributed by atoms with E-state index in [9.17, 15) is 18.0 Å². The molecule has 0 aromatic rings. The van der Waals surface area contributed by atoms with Crippen molar-refractivity contribution < 1.29 is 22.7 Å². The lowest BCUT2D eigenvalue weighted by Gasteiger charge is -2.12. The molecule has 0 radical (unpaired) electrons. The van der Waals surface area contributed by atoms with Crippen LogP contribution >= 0.6 is 0 Å². The van der Waals surface area contributed by atoms with Gasteiger partial charge in [0.1, 0.15) is 6.10 Å². The summed E-state index contributed by atoms with van der Waals surface area (Å²) in [6.07, 6.45) is -4.09. The second kappa shape index (κ2) is 4.13. The Hall–Kier alpha value is -1.00. The molecule has 5 heteroatoms. The maximum Gasteiger partial charge on any atom is 0.490 e. The van der Waals surface area contributed by atoms with Crippen LogP contribution < -0.4 is 0 Å². The van der Waals surface area contributed by atoms with E-state index in [-0.39, 0.29) is 6.42 Å². The maximum atomic E-state index is 11.5. The van der Waals surface area contributed by atoms with Crippen molar-refractivity contribution in [2.75, 3.05) is 0 Å². The summed E-state index contributed by atoms with van der Waals surface area (Å²) in [7, 11) is 0. The summed E-state index contributed by atoms with van der Waals surface area (Å²) >= 11 is 0. The van der Waals surface area contributed by atoms with Crippen LogP contribution in [0.3, 0.4) is 0 Å². The number of carbonyl (C=O) groups is 1. The van der Waals surface area contributed by atoms with Gasteiger partial charge in [-0.25, -0.2) is 4.79 Å². The third-order valence-electron chi connectivity index (χ3n) is 1.04. The summed E-state index contributed by atoms with van der Waals surface area (Å²) in [5.41, 5.74) is 0. The van der Waals surface area contributed by atoms with Crippen molar-refractivity contribution in [1.82, 2.24) is 0 Å². The average Bonchev–Trinajstić information content (AvgIpc) is 1.85. The first-order chi connectivity index (χ1) is 5.38. The van der Waals surface area contributed by atoms with Crippen LogP contribution in [0.15, 0.2) is 12.7 Å². The van der Waals surface area contributed by atoms with Gasteiger partial charge < -0.3 is 4.74 Å². The van der Waals surface area contributed by atoms with Gasteiger partial charge in [0.15, 0.2) is 0 Å². The largest absolute Gasteiger partial charge is 0.490 e. The lowest BCUT2D eigenvalue weighted by atomic mass is 10.3. The average molecular weight is 182 g/mol. The van der Waals surface area contributed by atoms with Gasteiger partial charge >= 0.3 is 12.1 Å². The van der Waals surface area contributed by atoms with Crippen molar-refractivity contribution in [2.24, 2.45) is 0 Å². The second-order valence-corrected chi connectivity index (χ2v) is 2.24. The summed E-state index contributed by atoms with van der Waals surface area (Å²) in [6, 6.07) is 0. The number of esters is 1. The standard InChI is InChI=1S/C7H9F3O2/c1-3-4-5(2)12-6(11)7(8,9)10/h3,5H,1,4H2,2H3. The molecule has 1 atom stereocenters. The van der Waals surface area contributed by atoms with E-state index in [4.69, 9.17) is 0 Å². The minimum Gasteiger partial charge on any atom is -0.456 e. The van der Waals surface area contributed by atoms with E-state index in [2.05, 4.69) is 11.3 Å². The molecular formula is C7H9F3O2. The molecule has 0 saturated carbocycles. The van der Waals surface area contributed by atoms with Gasteiger partial charge in [-0.3, -0.25) is 0 Å². The monoisotopic (exact) mass is 182 g/mol. The van der Waals surface area contributed by atoms with Crippen molar-refractivity contribution in [3.05, 3.63) is 12.7 Å². The Kier molecular flexibility index (Phi) is 3.79. The van der Waals surface area contributed by atoms with Gasteiger partial charge in [-0.2, -0.15) is 13.2 Å². The molecule has 0 N–H and O–H groups in total. The molecule has 0 aliphatic carbocycles. The van der Waals surface area contributed by atoms with Gasteiger partial charge in [-0.15, -0.1) is 6.58 Å². The molecule has 0 heterocycles. The Morgan fingerprint density at radius 1 is 1.67 bits per heavy atom. The molecule has 1 unspecified atom stereocenters. The van der Waals surface area contributed by atoms with Crippen LogP contribution in [0.4, 0.5) is 13.2 Å². The van der Waals surface area contributed by atoms with E-state index in [0.717, 1.165) is 0 Å². The van der Waals surface area contributed by atoms with Crippen molar-refractivity contribution in [3.8, 4) is 0 Å². The zero-order valence-electron chi connectivity index (χ0n) is 6.52. The molecule has 0 aromatic carbocycles. The molecule has 0 aromatic heterocycles. The predicted molar refractivity (Wildman–Crippen MR) is 36.4 cm³/mol. The molecule has 70 valence electrons. The summed E-state index contributed by atoms with van der Waals surface area (Å²) in [4.78, 5) is 10.2. The SMILES string of the molecule is C=CCC(C)OC(=O)C(F)(F)F. The first kappa shape index (κ1) is 11.0. The number of ether oxygens (including phenoxy) is 1. The molecule has 0 amide bonds. The Morgan fingerprint density at radius 2 is 2.17 bits per heavy atom. The molecule has 0 aliphatic rings. The Balaban J connectivity index is 3.92. The minimum atomic E-state index is -4.91. The highest BCUT2D eigenvalue weighted by atomic mass is 19.4. The molecule has 0 rings (SSSR count). The molecular weight excluding hydrogens is 173 g/mol. The van der Waals surface area contributed by atoms with Gasteiger partial charge in [0.05, 0.1) is 0 Å². The fourth-order valence-corrected chi connectivity index (χ4v) is 0.532. The number of halogens is 3. The molecule has 0 saturated heterocycles. The highest BCUT2D eigenvalue weighted by Crippen LogP contribution is 2.17. The second-order valence-electron chi connectivity index (χ2n) is 2.24. The van der Waals surface area contributed by atoms with Crippen LogP contribution in [0, 0.1) is 0 Å². The van der Waals surface area contributed by atoms with Crippen LogP contribution in [0.1, 0.15) is 13.3 Å². The predicted octanol–water partition coefficient (Wildman–Crippen LogP) is 2.06. The zero-order chi connectivity index (χ0) is 9.78. The normalized spacial score (nSPS) is 13.7. The number of hydrogen-bond acceptors (Lipinski definition) is 2. The lowest BCUT2D eigenvalue weighted by Crippen LogP contribution is -2.28. The minimum absolute atomic E-state index is 0.210. The number of alkyl halides is 3. The van der Waals surface area contributed by atoms with Crippen LogP contribution in [-0.4, -0.2) is 18.2 Å². The van der Waals surface area contributed by atoms with Crippen LogP contribution in [0.5, 0.6) is 0 Å².